The lowest BCUT2D eigenvalue weighted by Crippen LogP contribution is -2.21. The number of hydrogen-bond donors (Lipinski definition) is 1. The van der Waals surface area contributed by atoms with Gasteiger partial charge in [0.1, 0.15) is 0 Å². The topological polar surface area (TPSA) is 90.9 Å². The van der Waals surface area contributed by atoms with Crippen molar-refractivity contribution in [2.75, 3.05) is 5.75 Å². The molecule has 0 saturated carbocycles. The highest BCUT2D eigenvalue weighted by atomic mass is 32.2. The first-order valence-electron chi connectivity index (χ1n) is 5.74. The average Bonchev–Trinajstić information content (AvgIpc) is 2.74. The van der Waals surface area contributed by atoms with Gasteiger partial charge in [-0.1, -0.05) is 12.1 Å². The van der Waals surface area contributed by atoms with Crippen LogP contribution in [0.2, 0.25) is 0 Å². The molecule has 17 heavy (non-hydrogen) atoms. The van der Waals surface area contributed by atoms with E-state index in [4.69, 9.17) is 5.73 Å². The van der Waals surface area contributed by atoms with Crippen LogP contribution in [0.15, 0.2) is 6.20 Å². The summed E-state index contributed by atoms with van der Waals surface area (Å²) in [5.74, 6) is 0.0782. The van der Waals surface area contributed by atoms with Crippen LogP contribution in [0, 0.1) is 0 Å². The SMILES string of the molecule is CCC(N)c1cn(CCS(=O)(=O)C(C)C)nn1. The molecule has 1 heterocycles. The maximum absolute atomic E-state index is 11.6. The molecule has 0 amide bonds. The minimum atomic E-state index is -3.03. The Kier molecular flexibility index (Phi) is 4.64. The Hall–Kier alpha value is -0.950. The fraction of sp³-hybridized carbons (Fsp3) is 0.800. The van der Waals surface area contributed by atoms with E-state index in [-0.39, 0.29) is 17.0 Å². The maximum atomic E-state index is 11.6. The second kappa shape index (κ2) is 5.59. The highest BCUT2D eigenvalue weighted by molar-refractivity contribution is 7.91. The third kappa shape index (κ3) is 3.78. The zero-order valence-corrected chi connectivity index (χ0v) is 11.3. The Bertz CT molecular complexity index is 453. The molecular weight excluding hydrogens is 240 g/mol. The number of nitrogens with two attached hydrogens (primary N) is 1. The summed E-state index contributed by atoms with van der Waals surface area (Å²) < 4.78 is 24.8. The average molecular weight is 260 g/mol. The van der Waals surface area contributed by atoms with Gasteiger partial charge in [-0.05, 0) is 20.3 Å². The molecule has 0 aromatic carbocycles. The second-order valence-corrected chi connectivity index (χ2v) is 7.01. The third-order valence-corrected chi connectivity index (χ3v) is 4.89. The Morgan fingerprint density at radius 2 is 2.12 bits per heavy atom. The first-order chi connectivity index (χ1) is 7.86. The number of aryl methyl sites for hydroxylation is 1. The molecular formula is C10H20N4O2S. The zero-order chi connectivity index (χ0) is 13.1. The number of sulfone groups is 1. The minimum Gasteiger partial charge on any atom is -0.323 e. The summed E-state index contributed by atoms with van der Waals surface area (Å²) in [6, 6.07) is -0.134. The van der Waals surface area contributed by atoms with Gasteiger partial charge in [0, 0.05) is 0 Å². The molecule has 2 N–H and O–H groups in total. The van der Waals surface area contributed by atoms with Gasteiger partial charge in [0.15, 0.2) is 9.84 Å². The first kappa shape index (κ1) is 14.1. The molecule has 0 aliphatic heterocycles. The predicted octanol–water partition coefficient (Wildman–Crippen LogP) is 0.511. The largest absolute Gasteiger partial charge is 0.323 e. The van der Waals surface area contributed by atoms with Crippen molar-refractivity contribution in [3.63, 3.8) is 0 Å². The summed E-state index contributed by atoms with van der Waals surface area (Å²) in [6.07, 6.45) is 2.49. The molecule has 0 aliphatic rings. The van der Waals surface area contributed by atoms with Gasteiger partial charge in [-0.3, -0.25) is 4.68 Å². The van der Waals surface area contributed by atoms with Crippen LogP contribution in [0.25, 0.3) is 0 Å². The van der Waals surface area contributed by atoms with Crippen molar-refractivity contribution in [2.45, 2.75) is 45.0 Å². The number of nitrogens with zero attached hydrogens (tertiary/aromatic N) is 3. The van der Waals surface area contributed by atoms with Crippen LogP contribution in [0.5, 0.6) is 0 Å². The first-order valence-corrected chi connectivity index (χ1v) is 7.45. The summed E-state index contributed by atoms with van der Waals surface area (Å²) in [6.45, 7) is 5.64. The normalized spacial score (nSPS) is 14.2. The molecule has 1 unspecified atom stereocenters. The molecule has 1 aromatic rings. The molecule has 98 valence electrons. The molecule has 1 aromatic heterocycles. The molecule has 6 nitrogen and oxygen atoms in total. The van der Waals surface area contributed by atoms with E-state index >= 15 is 0 Å². The third-order valence-electron chi connectivity index (χ3n) is 2.70. The van der Waals surface area contributed by atoms with Gasteiger partial charge in [0.25, 0.3) is 0 Å². The number of aromatic nitrogens is 3. The van der Waals surface area contributed by atoms with Crippen LogP contribution in [0.4, 0.5) is 0 Å². The summed E-state index contributed by atoms with van der Waals surface area (Å²) >= 11 is 0. The van der Waals surface area contributed by atoms with Crippen LogP contribution < -0.4 is 5.73 Å². The van der Waals surface area contributed by atoms with Gasteiger partial charge < -0.3 is 5.73 Å². The Morgan fingerprint density at radius 3 is 2.65 bits per heavy atom. The monoisotopic (exact) mass is 260 g/mol. The zero-order valence-electron chi connectivity index (χ0n) is 10.5. The number of hydrogen-bond acceptors (Lipinski definition) is 5. The highest BCUT2D eigenvalue weighted by Gasteiger charge is 2.16. The molecule has 0 spiro atoms. The van der Waals surface area contributed by atoms with Gasteiger partial charge in [0.2, 0.25) is 0 Å². The maximum Gasteiger partial charge on any atom is 0.154 e. The van der Waals surface area contributed by atoms with Crippen molar-refractivity contribution in [3.8, 4) is 0 Å². The molecule has 7 heteroatoms. The van der Waals surface area contributed by atoms with E-state index in [1.54, 1.807) is 20.0 Å². The van der Waals surface area contributed by atoms with Crippen LogP contribution in [-0.4, -0.2) is 34.4 Å². The van der Waals surface area contributed by atoms with Crippen molar-refractivity contribution in [1.29, 1.82) is 0 Å². The van der Waals surface area contributed by atoms with Crippen LogP contribution in [-0.2, 0) is 16.4 Å². The minimum absolute atomic E-state index is 0.0782. The highest BCUT2D eigenvalue weighted by Crippen LogP contribution is 2.09. The van der Waals surface area contributed by atoms with E-state index < -0.39 is 9.84 Å². The van der Waals surface area contributed by atoms with E-state index in [1.807, 2.05) is 6.92 Å². The van der Waals surface area contributed by atoms with E-state index in [0.29, 0.717) is 12.2 Å². The molecule has 0 aliphatic carbocycles. The second-order valence-electron chi connectivity index (χ2n) is 4.34. The van der Waals surface area contributed by atoms with E-state index in [1.165, 1.54) is 4.68 Å². The van der Waals surface area contributed by atoms with Gasteiger partial charge >= 0.3 is 0 Å². The predicted molar refractivity (Wildman–Crippen MR) is 66.2 cm³/mol. The summed E-state index contributed by atoms with van der Waals surface area (Å²) in [5, 5.41) is 7.44. The standard InChI is InChI=1S/C10H20N4O2S/c1-4-9(11)10-7-14(13-12-10)5-6-17(15,16)8(2)3/h7-9H,4-6,11H2,1-3H3. The lowest BCUT2D eigenvalue weighted by Gasteiger charge is -2.06. The van der Waals surface area contributed by atoms with Crippen LogP contribution in [0.3, 0.4) is 0 Å². The van der Waals surface area contributed by atoms with Gasteiger partial charge in [0.05, 0.1) is 35.5 Å². The van der Waals surface area contributed by atoms with Crippen LogP contribution in [0.1, 0.15) is 38.9 Å². The van der Waals surface area contributed by atoms with Crippen molar-refractivity contribution < 1.29 is 8.42 Å². The van der Waals surface area contributed by atoms with Crippen LogP contribution >= 0.6 is 0 Å². The molecule has 0 radical (unpaired) electrons. The van der Waals surface area contributed by atoms with E-state index in [0.717, 1.165) is 6.42 Å². The van der Waals surface area contributed by atoms with Gasteiger partial charge in [-0.25, -0.2) is 8.42 Å². The molecule has 1 rings (SSSR count). The molecule has 0 saturated heterocycles. The van der Waals surface area contributed by atoms with Crippen molar-refractivity contribution in [3.05, 3.63) is 11.9 Å². The van der Waals surface area contributed by atoms with Gasteiger partial charge in [-0.2, -0.15) is 0 Å². The van der Waals surface area contributed by atoms with E-state index in [2.05, 4.69) is 10.3 Å². The van der Waals surface area contributed by atoms with Crippen molar-refractivity contribution >= 4 is 9.84 Å². The Balaban J connectivity index is 2.62. The molecule has 1 atom stereocenters. The summed E-state index contributed by atoms with van der Waals surface area (Å²) in [7, 11) is -3.03. The van der Waals surface area contributed by atoms with E-state index in [9.17, 15) is 8.42 Å². The quantitative estimate of drug-likeness (QED) is 0.804. The number of rotatable bonds is 6. The fourth-order valence-electron chi connectivity index (χ4n) is 1.26. The Morgan fingerprint density at radius 1 is 1.47 bits per heavy atom. The lowest BCUT2D eigenvalue weighted by atomic mass is 10.2. The fourth-order valence-corrected chi connectivity index (χ4v) is 2.17. The summed E-state index contributed by atoms with van der Waals surface area (Å²) in [4.78, 5) is 0. The molecule has 0 bridgehead atoms. The van der Waals surface area contributed by atoms with Crippen molar-refractivity contribution in [2.24, 2.45) is 5.73 Å². The van der Waals surface area contributed by atoms with Gasteiger partial charge in [-0.15, -0.1) is 5.10 Å². The lowest BCUT2D eigenvalue weighted by molar-refractivity contribution is 0.567. The van der Waals surface area contributed by atoms with Crippen molar-refractivity contribution in [1.82, 2.24) is 15.0 Å². The summed E-state index contributed by atoms with van der Waals surface area (Å²) in [5.41, 5.74) is 6.51. The molecule has 0 fully saturated rings. The Labute approximate surface area is 102 Å². The smallest absolute Gasteiger partial charge is 0.154 e.